The molecule has 0 saturated heterocycles. The van der Waals surface area contributed by atoms with E-state index in [1.54, 1.807) is 48.5 Å². The van der Waals surface area contributed by atoms with Crippen LogP contribution < -0.4 is 15.6 Å². The van der Waals surface area contributed by atoms with E-state index in [1.807, 2.05) is 0 Å². The monoisotopic (exact) mass is 360 g/mol. The largest absolute Gasteiger partial charge is 0.494 e. The minimum absolute atomic E-state index is 0.403. The van der Waals surface area contributed by atoms with Crippen molar-refractivity contribution in [3.05, 3.63) is 64.7 Å². The third kappa shape index (κ3) is 6.12. The van der Waals surface area contributed by atoms with Gasteiger partial charge in [-0.2, -0.15) is 0 Å². The fourth-order valence-corrected chi connectivity index (χ4v) is 2.23. The quantitative estimate of drug-likeness (QED) is 0.579. The standard InChI is InChI=1S/C19H21ClN2O3/c1-2-3-4-13-25-17-11-7-15(8-12-17)19(24)22-21-18(23)14-5-9-16(20)10-6-14/h5-12H,2-4,13H2,1H3,(H,21,23)(H,22,24). The van der Waals surface area contributed by atoms with Gasteiger partial charge >= 0.3 is 0 Å². The van der Waals surface area contributed by atoms with Crippen LogP contribution in [-0.4, -0.2) is 18.4 Å². The van der Waals surface area contributed by atoms with Crippen LogP contribution in [0, 0.1) is 0 Å². The number of hydrogen-bond donors (Lipinski definition) is 2. The molecular formula is C19H21ClN2O3. The minimum Gasteiger partial charge on any atom is -0.494 e. The number of ether oxygens (including phenoxy) is 1. The van der Waals surface area contributed by atoms with Crippen molar-refractivity contribution >= 4 is 23.4 Å². The Labute approximate surface area is 152 Å². The predicted molar refractivity (Wildman–Crippen MR) is 97.8 cm³/mol. The third-order valence-electron chi connectivity index (χ3n) is 3.53. The second-order valence-electron chi connectivity index (χ2n) is 5.50. The van der Waals surface area contributed by atoms with Crippen LogP contribution in [-0.2, 0) is 0 Å². The lowest BCUT2D eigenvalue weighted by Crippen LogP contribution is -2.41. The molecule has 0 spiro atoms. The zero-order chi connectivity index (χ0) is 18.1. The van der Waals surface area contributed by atoms with E-state index in [1.165, 1.54) is 0 Å². The molecule has 0 aliphatic carbocycles. The number of nitrogens with one attached hydrogen (secondary N) is 2. The highest BCUT2D eigenvalue weighted by atomic mass is 35.5. The van der Waals surface area contributed by atoms with Crippen LogP contribution in [0.15, 0.2) is 48.5 Å². The second-order valence-corrected chi connectivity index (χ2v) is 5.93. The van der Waals surface area contributed by atoms with Gasteiger partial charge in [-0.1, -0.05) is 31.4 Å². The van der Waals surface area contributed by atoms with Gasteiger partial charge in [-0.3, -0.25) is 20.4 Å². The molecule has 25 heavy (non-hydrogen) atoms. The van der Waals surface area contributed by atoms with E-state index in [9.17, 15) is 9.59 Å². The first-order chi connectivity index (χ1) is 12.1. The number of carbonyl (C=O) groups is 2. The fraction of sp³-hybridized carbons (Fsp3) is 0.263. The maximum atomic E-state index is 12.1. The van der Waals surface area contributed by atoms with Crippen molar-refractivity contribution in [1.82, 2.24) is 10.9 Å². The van der Waals surface area contributed by atoms with Crippen molar-refractivity contribution in [3.8, 4) is 5.75 Å². The Morgan fingerprint density at radius 2 is 1.40 bits per heavy atom. The molecule has 2 amide bonds. The van der Waals surface area contributed by atoms with Crippen molar-refractivity contribution in [3.63, 3.8) is 0 Å². The summed E-state index contributed by atoms with van der Waals surface area (Å²) in [4.78, 5) is 24.0. The van der Waals surface area contributed by atoms with Crippen LogP contribution >= 0.6 is 11.6 Å². The molecule has 2 rings (SSSR count). The molecule has 2 N–H and O–H groups in total. The van der Waals surface area contributed by atoms with E-state index < -0.39 is 11.8 Å². The van der Waals surface area contributed by atoms with Gasteiger partial charge in [0, 0.05) is 16.1 Å². The molecule has 6 heteroatoms. The first-order valence-corrected chi connectivity index (χ1v) is 8.57. The number of hydrazine groups is 1. The van der Waals surface area contributed by atoms with Crippen LogP contribution in [0.3, 0.4) is 0 Å². The molecule has 2 aromatic carbocycles. The molecule has 0 radical (unpaired) electrons. The Bertz CT molecular complexity index is 700. The lowest BCUT2D eigenvalue weighted by Gasteiger charge is -2.09. The zero-order valence-electron chi connectivity index (χ0n) is 14.0. The molecule has 0 aliphatic rings. The van der Waals surface area contributed by atoms with Gasteiger partial charge in [0.2, 0.25) is 0 Å². The average molecular weight is 361 g/mol. The van der Waals surface area contributed by atoms with Crippen molar-refractivity contribution < 1.29 is 14.3 Å². The van der Waals surface area contributed by atoms with E-state index >= 15 is 0 Å². The molecule has 0 bridgehead atoms. The number of unbranched alkanes of at least 4 members (excludes halogenated alkanes) is 2. The van der Waals surface area contributed by atoms with Gasteiger partial charge in [0.15, 0.2) is 0 Å². The number of halogens is 1. The Morgan fingerprint density at radius 1 is 0.880 bits per heavy atom. The number of carbonyl (C=O) groups excluding carboxylic acids is 2. The summed E-state index contributed by atoms with van der Waals surface area (Å²) >= 11 is 5.77. The first-order valence-electron chi connectivity index (χ1n) is 8.19. The maximum absolute atomic E-state index is 12.1. The Kier molecular flexibility index (Phi) is 7.29. The fourth-order valence-electron chi connectivity index (χ4n) is 2.10. The van der Waals surface area contributed by atoms with Crippen molar-refractivity contribution in [2.24, 2.45) is 0 Å². The van der Waals surface area contributed by atoms with Gasteiger partial charge in [-0.25, -0.2) is 0 Å². The highest BCUT2D eigenvalue weighted by Gasteiger charge is 2.09. The normalized spacial score (nSPS) is 10.2. The summed E-state index contributed by atoms with van der Waals surface area (Å²) in [6.45, 7) is 2.80. The average Bonchev–Trinajstić information content (AvgIpc) is 2.64. The van der Waals surface area contributed by atoms with E-state index in [0.717, 1.165) is 25.0 Å². The minimum atomic E-state index is -0.416. The number of amides is 2. The highest BCUT2D eigenvalue weighted by molar-refractivity contribution is 6.30. The molecular weight excluding hydrogens is 340 g/mol. The van der Waals surface area contributed by atoms with E-state index in [0.29, 0.717) is 22.8 Å². The molecule has 0 unspecified atom stereocenters. The van der Waals surface area contributed by atoms with E-state index in [2.05, 4.69) is 17.8 Å². The predicted octanol–water partition coefficient (Wildman–Crippen LogP) is 3.98. The maximum Gasteiger partial charge on any atom is 0.269 e. The molecule has 2 aromatic rings. The van der Waals surface area contributed by atoms with Crippen molar-refractivity contribution in [2.45, 2.75) is 26.2 Å². The van der Waals surface area contributed by atoms with Gasteiger partial charge in [0.25, 0.3) is 11.8 Å². The SMILES string of the molecule is CCCCCOc1ccc(C(=O)NNC(=O)c2ccc(Cl)cc2)cc1. The smallest absolute Gasteiger partial charge is 0.269 e. The lowest BCUT2D eigenvalue weighted by atomic mass is 10.2. The summed E-state index contributed by atoms with van der Waals surface area (Å²) in [5.74, 6) is -0.0985. The molecule has 0 aromatic heterocycles. The molecule has 0 saturated carbocycles. The van der Waals surface area contributed by atoms with Crippen molar-refractivity contribution in [2.75, 3.05) is 6.61 Å². The first kappa shape index (κ1) is 18.8. The van der Waals surface area contributed by atoms with Crippen molar-refractivity contribution in [1.29, 1.82) is 0 Å². The third-order valence-corrected chi connectivity index (χ3v) is 3.78. The molecule has 132 valence electrons. The van der Waals surface area contributed by atoms with Gasteiger partial charge < -0.3 is 4.74 Å². The summed E-state index contributed by atoms with van der Waals surface area (Å²) in [6, 6.07) is 13.2. The van der Waals surface area contributed by atoms with Gasteiger partial charge in [-0.05, 0) is 55.0 Å². The molecule has 0 heterocycles. The summed E-state index contributed by atoms with van der Waals surface area (Å²) in [5.41, 5.74) is 5.58. The molecule has 5 nitrogen and oxygen atoms in total. The van der Waals surface area contributed by atoms with Crippen LogP contribution in [0.5, 0.6) is 5.75 Å². The summed E-state index contributed by atoms with van der Waals surface area (Å²) in [5, 5.41) is 0.539. The van der Waals surface area contributed by atoms with Crippen LogP contribution in [0.2, 0.25) is 5.02 Å². The molecule has 0 fully saturated rings. The Balaban J connectivity index is 1.82. The highest BCUT2D eigenvalue weighted by Crippen LogP contribution is 2.13. The summed E-state index contributed by atoms with van der Waals surface area (Å²) < 4.78 is 5.60. The van der Waals surface area contributed by atoms with Gasteiger partial charge in [0.1, 0.15) is 5.75 Å². The van der Waals surface area contributed by atoms with Gasteiger partial charge in [-0.15, -0.1) is 0 Å². The van der Waals surface area contributed by atoms with Gasteiger partial charge in [0.05, 0.1) is 6.61 Å². The second kappa shape index (κ2) is 9.69. The lowest BCUT2D eigenvalue weighted by molar-refractivity contribution is 0.0846. The van der Waals surface area contributed by atoms with E-state index in [4.69, 9.17) is 16.3 Å². The summed E-state index contributed by atoms with van der Waals surface area (Å²) in [6.07, 6.45) is 3.29. The Morgan fingerprint density at radius 3 is 1.92 bits per heavy atom. The number of benzene rings is 2. The molecule has 0 atom stereocenters. The van der Waals surface area contributed by atoms with Crippen LogP contribution in [0.1, 0.15) is 46.9 Å². The zero-order valence-corrected chi connectivity index (χ0v) is 14.8. The molecule has 0 aliphatic heterocycles. The topological polar surface area (TPSA) is 67.4 Å². The Hall–Kier alpha value is -2.53. The number of rotatable bonds is 7. The summed E-state index contributed by atoms with van der Waals surface area (Å²) in [7, 11) is 0. The van der Waals surface area contributed by atoms with E-state index in [-0.39, 0.29) is 0 Å². The number of hydrogen-bond acceptors (Lipinski definition) is 3. The van der Waals surface area contributed by atoms with Crippen LogP contribution in [0.25, 0.3) is 0 Å². The van der Waals surface area contributed by atoms with Crippen LogP contribution in [0.4, 0.5) is 0 Å².